The number of hydrogen-bond acceptors (Lipinski definition) is 3. The van der Waals surface area contributed by atoms with Crippen molar-refractivity contribution in [3.8, 4) is 6.07 Å². The number of nitriles is 1. The van der Waals surface area contributed by atoms with E-state index in [1.165, 1.54) is 0 Å². The van der Waals surface area contributed by atoms with Crippen LogP contribution >= 0.6 is 0 Å². The van der Waals surface area contributed by atoms with E-state index in [-0.39, 0.29) is 5.91 Å². The van der Waals surface area contributed by atoms with Gasteiger partial charge in [-0.15, -0.1) is 0 Å². The highest BCUT2D eigenvalue weighted by Gasteiger charge is 2.10. The summed E-state index contributed by atoms with van der Waals surface area (Å²) in [5.74, 6) is -0.0575. The van der Waals surface area contributed by atoms with Gasteiger partial charge in [0.05, 0.1) is 12.5 Å². The molecule has 0 aliphatic rings. The van der Waals surface area contributed by atoms with Crippen LogP contribution in [-0.2, 0) is 0 Å². The molecule has 0 spiro atoms. The largest absolute Gasteiger partial charge is 0.388 e. The van der Waals surface area contributed by atoms with Crippen molar-refractivity contribution >= 4 is 11.6 Å². The summed E-state index contributed by atoms with van der Waals surface area (Å²) in [5, 5.41) is 11.4. The second-order valence-electron chi connectivity index (χ2n) is 3.46. The Bertz CT molecular complexity index is 392. The molecule has 4 nitrogen and oxygen atoms in total. The van der Waals surface area contributed by atoms with Gasteiger partial charge in [0, 0.05) is 31.9 Å². The van der Waals surface area contributed by atoms with Crippen molar-refractivity contribution in [2.45, 2.75) is 6.42 Å². The lowest BCUT2D eigenvalue weighted by Gasteiger charge is -2.15. The summed E-state index contributed by atoms with van der Waals surface area (Å²) in [6.45, 7) is 0.461. The molecule has 16 heavy (non-hydrogen) atoms. The standard InChI is InChI=1S/C12H15N3O/c1-14-11-6-4-10(5-7-11)12(16)15(2)9-3-8-13/h4-7,14H,3,9H2,1-2H3. The number of nitrogens with one attached hydrogen (secondary N) is 1. The average molecular weight is 217 g/mol. The molecule has 84 valence electrons. The predicted octanol–water partition coefficient (Wildman–Crippen LogP) is 1.71. The number of benzene rings is 1. The minimum atomic E-state index is -0.0575. The summed E-state index contributed by atoms with van der Waals surface area (Å²) >= 11 is 0. The maximum Gasteiger partial charge on any atom is 0.253 e. The van der Waals surface area contributed by atoms with Crippen LogP contribution in [0.15, 0.2) is 24.3 Å². The predicted molar refractivity (Wildman–Crippen MR) is 63.2 cm³/mol. The molecule has 0 bridgehead atoms. The summed E-state index contributed by atoms with van der Waals surface area (Å²) in [5.41, 5.74) is 1.61. The zero-order valence-electron chi connectivity index (χ0n) is 9.53. The van der Waals surface area contributed by atoms with Crippen LogP contribution in [-0.4, -0.2) is 31.4 Å². The highest BCUT2D eigenvalue weighted by molar-refractivity contribution is 5.94. The molecule has 0 aliphatic carbocycles. The van der Waals surface area contributed by atoms with Crippen molar-refractivity contribution < 1.29 is 4.79 Å². The van der Waals surface area contributed by atoms with Crippen LogP contribution in [0.25, 0.3) is 0 Å². The Morgan fingerprint density at radius 1 is 1.44 bits per heavy atom. The lowest BCUT2D eigenvalue weighted by Crippen LogP contribution is -2.27. The number of nitrogens with zero attached hydrogens (tertiary/aromatic N) is 2. The summed E-state index contributed by atoms with van der Waals surface area (Å²) in [7, 11) is 3.53. The smallest absolute Gasteiger partial charge is 0.253 e. The quantitative estimate of drug-likeness (QED) is 0.835. The first kappa shape index (κ1) is 12.1. The molecule has 1 aromatic carbocycles. The van der Waals surface area contributed by atoms with E-state index in [1.54, 1.807) is 24.1 Å². The van der Waals surface area contributed by atoms with Gasteiger partial charge in [-0.1, -0.05) is 0 Å². The monoisotopic (exact) mass is 217 g/mol. The molecule has 1 amide bonds. The van der Waals surface area contributed by atoms with Crippen molar-refractivity contribution in [1.82, 2.24) is 4.90 Å². The molecule has 1 rings (SSSR count). The van der Waals surface area contributed by atoms with Gasteiger partial charge in [0.25, 0.3) is 5.91 Å². The zero-order chi connectivity index (χ0) is 12.0. The maximum absolute atomic E-state index is 11.8. The average Bonchev–Trinajstić information content (AvgIpc) is 2.35. The minimum Gasteiger partial charge on any atom is -0.388 e. The molecule has 1 N–H and O–H groups in total. The molecule has 0 aromatic heterocycles. The summed E-state index contributed by atoms with van der Waals surface area (Å²) in [6, 6.07) is 9.27. The third kappa shape index (κ3) is 2.99. The highest BCUT2D eigenvalue weighted by atomic mass is 16.2. The Balaban J connectivity index is 2.69. The summed E-state index contributed by atoms with van der Waals surface area (Å²) in [4.78, 5) is 13.4. The molecular weight excluding hydrogens is 202 g/mol. The first-order chi connectivity index (χ1) is 7.69. The Kier molecular flexibility index (Phi) is 4.34. The van der Waals surface area contributed by atoms with Gasteiger partial charge >= 0.3 is 0 Å². The first-order valence-electron chi connectivity index (χ1n) is 5.09. The fourth-order valence-electron chi connectivity index (χ4n) is 1.32. The molecule has 0 aliphatic heterocycles. The van der Waals surface area contributed by atoms with Gasteiger partial charge in [-0.05, 0) is 24.3 Å². The molecular formula is C12H15N3O. The van der Waals surface area contributed by atoms with Crippen LogP contribution in [0.4, 0.5) is 5.69 Å². The van der Waals surface area contributed by atoms with E-state index in [0.29, 0.717) is 18.5 Å². The molecule has 0 unspecified atom stereocenters. The SMILES string of the molecule is CNc1ccc(C(=O)N(C)CCC#N)cc1. The van der Waals surface area contributed by atoms with E-state index in [4.69, 9.17) is 5.26 Å². The molecule has 0 saturated heterocycles. The second kappa shape index (κ2) is 5.76. The van der Waals surface area contributed by atoms with Crippen molar-refractivity contribution in [1.29, 1.82) is 5.26 Å². The van der Waals surface area contributed by atoms with Gasteiger partial charge in [-0.2, -0.15) is 5.26 Å². The number of rotatable bonds is 4. The van der Waals surface area contributed by atoms with E-state index in [9.17, 15) is 4.79 Å². The van der Waals surface area contributed by atoms with E-state index < -0.39 is 0 Å². The Morgan fingerprint density at radius 3 is 2.56 bits per heavy atom. The van der Waals surface area contributed by atoms with Gasteiger partial charge in [-0.3, -0.25) is 4.79 Å². The highest BCUT2D eigenvalue weighted by Crippen LogP contribution is 2.10. The van der Waals surface area contributed by atoms with Crippen molar-refractivity contribution in [3.05, 3.63) is 29.8 Å². The Morgan fingerprint density at radius 2 is 2.06 bits per heavy atom. The number of carbonyl (C=O) groups excluding carboxylic acids is 1. The molecule has 0 saturated carbocycles. The molecule has 1 aromatic rings. The van der Waals surface area contributed by atoms with E-state index in [0.717, 1.165) is 5.69 Å². The topological polar surface area (TPSA) is 56.1 Å². The molecule has 0 heterocycles. The van der Waals surface area contributed by atoms with Crippen molar-refractivity contribution in [2.24, 2.45) is 0 Å². The van der Waals surface area contributed by atoms with Gasteiger partial charge in [0.2, 0.25) is 0 Å². The summed E-state index contributed by atoms with van der Waals surface area (Å²) in [6.07, 6.45) is 0.358. The number of carbonyl (C=O) groups is 1. The van der Waals surface area contributed by atoms with Crippen LogP contribution in [0, 0.1) is 11.3 Å². The van der Waals surface area contributed by atoms with Gasteiger partial charge in [-0.25, -0.2) is 0 Å². The number of anilines is 1. The van der Waals surface area contributed by atoms with E-state index in [1.807, 2.05) is 25.2 Å². The number of amides is 1. The Labute approximate surface area is 95.5 Å². The maximum atomic E-state index is 11.8. The molecule has 0 atom stereocenters. The molecule has 0 fully saturated rings. The van der Waals surface area contributed by atoms with Gasteiger partial charge in [0.1, 0.15) is 0 Å². The fraction of sp³-hybridized carbons (Fsp3) is 0.333. The normalized spacial score (nSPS) is 9.31. The first-order valence-corrected chi connectivity index (χ1v) is 5.09. The van der Waals surface area contributed by atoms with Crippen LogP contribution in [0.5, 0.6) is 0 Å². The third-order valence-corrected chi connectivity index (χ3v) is 2.33. The van der Waals surface area contributed by atoms with E-state index in [2.05, 4.69) is 5.32 Å². The van der Waals surface area contributed by atoms with Gasteiger partial charge < -0.3 is 10.2 Å². The van der Waals surface area contributed by atoms with Gasteiger partial charge in [0.15, 0.2) is 0 Å². The summed E-state index contributed by atoms with van der Waals surface area (Å²) < 4.78 is 0. The zero-order valence-corrected chi connectivity index (χ0v) is 9.53. The molecule has 0 radical (unpaired) electrons. The lowest BCUT2D eigenvalue weighted by molar-refractivity contribution is 0.0798. The fourth-order valence-corrected chi connectivity index (χ4v) is 1.32. The lowest BCUT2D eigenvalue weighted by atomic mass is 10.2. The van der Waals surface area contributed by atoms with Crippen LogP contribution in [0.2, 0.25) is 0 Å². The van der Waals surface area contributed by atoms with Crippen molar-refractivity contribution in [3.63, 3.8) is 0 Å². The van der Waals surface area contributed by atoms with Crippen LogP contribution < -0.4 is 5.32 Å². The van der Waals surface area contributed by atoms with E-state index >= 15 is 0 Å². The second-order valence-corrected chi connectivity index (χ2v) is 3.46. The third-order valence-electron chi connectivity index (χ3n) is 2.33. The van der Waals surface area contributed by atoms with Crippen LogP contribution in [0.3, 0.4) is 0 Å². The Hall–Kier alpha value is -2.02. The van der Waals surface area contributed by atoms with Crippen LogP contribution in [0.1, 0.15) is 16.8 Å². The number of hydrogen-bond donors (Lipinski definition) is 1. The van der Waals surface area contributed by atoms with Crippen molar-refractivity contribution in [2.75, 3.05) is 26.0 Å². The molecule has 4 heteroatoms. The minimum absolute atomic E-state index is 0.0575.